The van der Waals surface area contributed by atoms with Crippen LogP contribution in [-0.2, 0) is 4.79 Å². The van der Waals surface area contributed by atoms with Crippen LogP contribution in [0.4, 0.5) is 0 Å². The van der Waals surface area contributed by atoms with Crippen LogP contribution in [0.3, 0.4) is 0 Å². The lowest BCUT2D eigenvalue weighted by Gasteiger charge is -2.72. The molecule has 0 bridgehead atoms. The van der Waals surface area contributed by atoms with Crippen LogP contribution in [0.1, 0.15) is 106 Å². The molecular formula is C30H48O4. The molecule has 0 radical (unpaired) electrons. The van der Waals surface area contributed by atoms with Gasteiger partial charge in [-0.3, -0.25) is 4.79 Å². The highest BCUT2D eigenvalue weighted by atomic mass is 16.4. The van der Waals surface area contributed by atoms with Crippen molar-refractivity contribution >= 4 is 5.97 Å². The molecule has 5 aliphatic rings. The van der Waals surface area contributed by atoms with Crippen molar-refractivity contribution in [2.45, 2.75) is 118 Å². The number of aliphatic carboxylic acids is 1. The lowest BCUT2D eigenvalue weighted by Crippen LogP contribution is -2.68. The molecular weight excluding hydrogens is 424 g/mol. The van der Waals surface area contributed by atoms with Crippen molar-refractivity contribution in [2.24, 2.45) is 50.2 Å². The molecule has 0 saturated heterocycles. The fourth-order valence-electron chi connectivity index (χ4n) is 10.7. The van der Waals surface area contributed by atoms with Crippen LogP contribution in [-0.4, -0.2) is 33.5 Å². The second-order valence-electron chi connectivity index (χ2n) is 15.1. The van der Waals surface area contributed by atoms with Crippen molar-refractivity contribution in [3.8, 4) is 0 Å². The quantitative estimate of drug-likeness (QED) is 0.397. The Morgan fingerprint density at radius 2 is 1.56 bits per heavy atom. The summed E-state index contributed by atoms with van der Waals surface area (Å²) >= 11 is 0. The first-order chi connectivity index (χ1) is 15.6. The van der Waals surface area contributed by atoms with E-state index in [9.17, 15) is 20.1 Å². The molecule has 10 atom stereocenters. The van der Waals surface area contributed by atoms with Gasteiger partial charge in [0, 0.05) is 0 Å². The van der Waals surface area contributed by atoms with Gasteiger partial charge in [-0.15, -0.1) is 0 Å². The van der Waals surface area contributed by atoms with Crippen LogP contribution < -0.4 is 0 Å². The zero-order valence-electron chi connectivity index (χ0n) is 22.6. The minimum absolute atomic E-state index is 0.0108. The van der Waals surface area contributed by atoms with Crippen LogP contribution in [0.5, 0.6) is 0 Å². The van der Waals surface area contributed by atoms with Crippen LogP contribution in [0.2, 0.25) is 0 Å². The summed E-state index contributed by atoms with van der Waals surface area (Å²) in [5, 5.41) is 32.7. The number of hydrogen-bond donors (Lipinski definition) is 3. The van der Waals surface area contributed by atoms with E-state index >= 15 is 0 Å². The zero-order valence-corrected chi connectivity index (χ0v) is 22.6. The smallest absolute Gasteiger partial charge is 0.309 e. The molecule has 0 aromatic heterocycles. The summed E-state index contributed by atoms with van der Waals surface area (Å²) in [4.78, 5) is 12.2. The molecule has 3 N–H and O–H groups in total. The maximum Gasteiger partial charge on any atom is 0.309 e. The number of carbonyl (C=O) groups is 1. The van der Waals surface area contributed by atoms with E-state index in [0.717, 1.165) is 57.8 Å². The number of carboxylic acids is 1. The summed E-state index contributed by atoms with van der Waals surface area (Å²) in [5.41, 5.74) is 0.689. The number of allylic oxidation sites excluding steroid dienone is 2. The molecule has 4 saturated carbocycles. The second-order valence-corrected chi connectivity index (χ2v) is 15.1. The van der Waals surface area contributed by atoms with E-state index in [0.29, 0.717) is 11.8 Å². The largest absolute Gasteiger partial charge is 0.481 e. The average Bonchev–Trinajstić information content (AvgIpc) is 2.72. The van der Waals surface area contributed by atoms with Crippen molar-refractivity contribution in [3.63, 3.8) is 0 Å². The van der Waals surface area contributed by atoms with Gasteiger partial charge < -0.3 is 15.3 Å². The molecule has 0 aliphatic heterocycles. The molecule has 34 heavy (non-hydrogen) atoms. The van der Waals surface area contributed by atoms with Crippen molar-refractivity contribution in [2.75, 3.05) is 0 Å². The Kier molecular flexibility index (Phi) is 5.20. The van der Waals surface area contributed by atoms with Gasteiger partial charge in [0.2, 0.25) is 0 Å². The highest BCUT2D eigenvalue weighted by molar-refractivity contribution is 5.74. The third-order valence-corrected chi connectivity index (χ3v) is 13.2. The van der Waals surface area contributed by atoms with E-state index in [2.05, 4.69) is 47.6 Å². The highest BCUT2D eigenvalue weighted by Gasteiger charge is 2.70. The van der Waals surface area contributed by atoms with Gasteiger partial charge in [0.1, 0.15) is 0 Å². The normalized spacial score (nSPS) is 56.3. The number of fused-ring (bicyclic) bond motifs is 7. The fourth-order valence-corrected chi connectivity index (χ4v) is 10.7. The Morgan fingerprint density at radius 3 is 2.21 bits per heavy atom. The Labute approximate surface area is 206 Å². The standard InChI is InChI=1S/C30H48O4/c1-25(2)22(32)10-11-28(5)21-9-8-18-19-16-27(4,24(33)34)13-12-26(19,3)14-15-29(18,6)30(21,7)17-20(31)23(25)28/h8,19-23,31-32H,9-17H2,1-7H3,(H,33,34). The summed E-state index contributed by atoms with van der Waals surface area (Å²) in [6.45, 7) is 16.0. The van der Waals surface area contributed by atoms with E-state index in [4.69, 9.17) is 0 Å². The number of aliphatic hydroxyl groups excluding tert-OH is 2. The van der Waals surface area contributed by atoms with Crippen molar-refractivity contribution in [3.05, 3.63) is 11.6 Å². The Hall–Kier alpha value is -0.870. The Bertz CT molecular complexity index is 923. The molecule has 192 valence electrons. The summed E-state index contributed by atoms with van der Waals surface area (Å²) in [7, 11) is 0. The maximum atomic E-state index is 12.2. The summed E-state index contributed by atoms with van der Waals surface area (Å²) < 4.78 is 0. The molecule has 0 amide bonds. The lowest BCUT2D eigenvalue weighted by atomic mass is 9.33. The van der Waals surface area contributed by atoms with Gasteiger partial charge in [0.15, 0.2) is 0 Å². The SMILES string of the molecule is CC1(C(=O)O)CCC2(C)CCC3(C)C(=CCC4C5(C)CCC(O)C(C)(C)C5C(O)CC43C)C2C1. The Morgan fingerprint density at radius 1 is 0.912 bits per heavy atom. The highest BCUT2D eigenvalue weighted by Crippen LogP contribution is 2.75. The van der Waals surface area contributed by atoms with Crippen molar-refractivity contribution < 1.29 is 20.1 Å². The first kappa shape index (κ1) is 24.8. The molecule has 5 aliphatic carbocycles. The first-order valence-electron chi connectivity index (χ1n) is 13.9. The summed E-state index contributed by atoms with van der Waals surface area (Å²) in [6.07, 6.45) is 10.1. The van der Waals surface area contributed by atoms with Gasteiger partial charge in [0.05, 0.1) is 17.6 Å². The average molecular weight is 473 g/mol. The number of hydrogen-bond acceptors (Lipinski definition) is 3. The van der Waals surface area contributed by atoms with Gasteiger partial charge >= 0.3 is 5.97 Å². The van der Waals surface area contributed by atoms with Gasteiger partial charge in [0.25, 0.3) is 0 Å². The Balaban J connectivity index is 1.60. The molecule has 4 fully saturated rings. The number of carboxylic acid groups (broad SMARTS) is 1. The van der Waals surface area contributed by atoms with Crippen molar-refractivity contribution in [1.29, 1.82) is 0 Å². The predicted octanol–water partition coefficient (Wildman–Crippen LogP) is 6.20. The minimum Gasteiger partial charge on any atom is -0.481 e. The predicted molar refractivity (Wildman–Crippen MR) is 134 cm³/mol. The third-order valence-electron chi connectivity index (χ3n) is 13.2. The number of aliphatic hydroxyl groups is 2. The van der Waals surface area contributed by atoms with Gasteiger partial charge in [-0.2, -0.15) is 0 Å². The molecule has 10 unspecified atom stereocenters. The molecule has 0 heterocycles. The molecule has 0 aromatic rings. The second kappa shape index (κ2) is 7.12. The molecule has 4 heteroatoms. The summed E-state index contributed by atoms with van der Waals surface area (Å²) in [6, 6.07) is 0. The van der Waals surface area contributed by atoms with E-state index in [1.165, 1.54) is 5.57 Å². The third kappa shape index (κ3) is 2.88. The molecule has 5 rings (SSSR count). The van der Waals surface area contributed by atoms with Crippen molar-refractivity contribution in [1.82, 2.24) is 0 Å². The summed E-state index contributed by atoms with van der Waals surface area (Å²) in [5.74, 6) is 0.229. The van der Waals surface area contributed by atoms with E-state index < -0.39 is 17.5 Å². The lowest BCUT2D eigenvalue weighted by molar-refractivity contribution is -0.241. The fraction of sp³-hybridized carbons (Fsp3) is 0.900. The molecule has 4 nitrogen and oxygen atoms in total. The molecule has 0 spiro atoms. The zero-order chi connectivity index (χ0) is 25.1. The van der Waals surface area contributed by atoms with E-state index in [1.807, 2.05) is 6.92 Å². The van der Waals surface area contributed by atoms with Gasteiger partial charge in [-0.1, -0.05) is 53.2 Å². The number of rotatable bonds is 1. The first-order valence-corrected chi connectivity index (χ1v) is 13.9. The van der Waals surface area contributed by atoms with Crippen LogP contribution in [0.25, 0.3) is 0 Å². The maximum absolute atomic E-state index is 12.2. The van der Waals surface area contributed by atoms with E-state index in [-0.39, 0.29) is 39.1 Å². The minimum atomic E-state index is -0.645. The molecule has 0 aromatic carbocycles. The van der Waals surface area contributed by atoms with Crippen LogP contribution in [0, 0.1) is 50.2 Å². The van der Waals surface area contributed by atoms with Crippen LogP contribution in [0.15, 0.2) is 11.6 Å². The van der Waals surface area contributed by atoms with E-state index in [1.54, 1.807) is 0 Å². The van der Waals surface area contributed by atoms with Crippen LogP contribution >= 0.6 is 0 Å². The van der Waals surface area contributed by atoms with Gasteiger partial charge in [-0.25, -0.2) is 0 Å². The van der Waals surface area contributed by atoms with Gasteiger partial charge in [-0.05, 0) is 110 Å². The monoisotopic (exact) mass is 472 g/mol. The topological polar surface area (TPSA) is 77.8 Å².